The fraction of sp³-hybridized carbons (Fsp3) is 0.385. The van der Waals surface area contributed by atoms with Gasteiger partial charge in [-0.15, -0.1) is 10.2 Å². The number of ether oxygens (including phenoxy) is 1. The fourth-order valence-corrected chi connectivity index (χ4v) is 2.42. The van der Waals surface area contributed by atoms with Gasteiger partial charge in [0.05, 0.1) is 12.9 Å². The number of halogens is 3. The Morgan fingerprint density at radius 3 is 2.56 bits per heavy atom. The lowest BCUT2D eigenvalue weighted by Gasteiger charge is -2.33. The predicted molar refractivity (Wildman–Crippen MR) is 79.9 cm³/mol. The van der Waals surface area contributed by atoms with Gasteiger partial charge in [-0.3, -0.25) is 4.79 Å². The molecule has 0 aliphatic carbocycles. The molecule has 2 N–H and O–H groups in total. The van der Waals surface area contributed by atoms with E-state index in [0.717, 1.165) is 23.7 Å². The normalized spacial score (nSPS) is 13.8. The van der Waals surface area contributed by atoms with Crippen molar-refractivity contribution in [3.8, 4) is 0 Å². The first-order valence-electron chi connectivity index (χ1n) is 6.88. The summed E-state index contributed by atoms with van der Waals surface area (Å²) in [4.78, 5) is 24.2. The number of nitrogens with zero attached hydrogens (tertiary/aromatic N) is 2. The molecule has 0 aliphatic rings. The van der Waals surface area contributed by atoms with E-state index in [1.165, 1.54) is 19.9 Å². The van der Waals surface area contributed by atoms with Gasteiger partial charge in [0.25, 0.3) is 5.91 Å². The second-order valence-corrected chi connectivity index (χ2v) is 5.83. The first kappa shape index (κ1) is 18.7. The van der Waals surface area contributed by atoms with Crippen molar-refractivity contribution in [2.75, 3.05) is 11.9 Å². The summed E-state index contributed by atoms with van der Waals surface area (Å²) in [6, 6.07) is 2.47. The van der Waals surface area contributed by atoms with E-state index in [4.69, 9.17) is 4.42 Å². The standard InChI is InChI=1S/C13H13F3N4O4S/c1-3-23-10(22)12(13(14,15)16,18-11-20-19-7(2)25-11)17-9(21)8-5-4-6-24-8/h4-6H,3H2,1-2H3,(H,17,21)(H,18,20)/t12-/m0/s1. The van der Waals surface area contributed by atoms with Crippen molar-refractivity contribution in [1.82, 2.24) is 15.5 Å². The Balaban J connectivity index is 2.45. The molecule has 12 heteroatoms. The highest BCUT2D eigenvalue weighted by Crippen LogP contribution is 2.34. The molecular weight excluding hydrogens is 365 g/mol. The Bertz CT molecular complexity index is 747. The maximum atomic E-state index is 13.8. The van der Waals surface area contributed by atoms with Gasteiger partial charge < -0.3 is 19.8 Å². The number of carbonyl (C=O) groups is 2. The largest absolute Gasteiger partial charge is 0.463 e. The Kier molecular flexibility index (Phi) is 5.30. The molecule has 0 aliphatic heterocycles. The number of amides is 1. The van der Waals surface area contributed by atoms with E-state index in [1.54, 1.807) is 5.32 Å². The van der Waals surface area contributed by atoms with Crippen LogP contribution in [0.4, 0.5) is 18.3 Å². The quantitative estimate of drug-likeness (QED) is 0.586. The number of esters is 1. The number of carbonyl (C=O) groups excluding carboxylic acids is 2. The van der Waals surface area contributed by atoms with Crippen LogP contribution in [-0.2, 0) is 9.53 Å². The Morgan fingerprint density at radius 1 is 1.36 bits per heavy atom. The highest BCUT2D eigenvalue weighted by molar-refractivity contribution is 7.15. The lowest BCUT2D eigenvalue weighted by Crippen LogP contribution is -2.69. The van der Waals surface area contributed by atoms with Crippen LogP contribution >= 0.6 is 11.3 Å². The van der Waals surface area contributed by atoms with Crippen LogP contribution in [0.1, 0.15) is 22.5 Å². The number of anilines is 1. The van der Waals surface area contributed by atoms with Crippen LogP contribution in [0.3, 0.4) is 0 Å². The van der Waals surface area contributed by atoms with Gasteiger partial charge in [-0.2, -0.15) is 13.2 Å². The number of hydrogen-bond acceptors (Lipinski definition) is 8. The average Bonchev–Trinajstić information content (AvgIpc) is 3.17. The van der Waals surface area contributed by atoms with Gasteiger partial charge in [0, 0.05) is 0 Å². The fourth-order valence-electron chi connectivity index (χ4n) is 1.78. The van der Waals surface area contributed by atoms with E-state index < -0.39 is 29.5 Å². The first-order chi connectivity index (χ1) is 11.7. The van der Waals surface area contributed by atoms with Gasteiger partial charge in [0.1, 0.15) is 5.01 Å². The Morgan fingerprint density at radius 2 is 2.08 bits per heavy atom. The molecule has 0 fully saturated rings. The summed E-state index contributed by atoms with van der Waals surface area (Å²) in [7, 11) is 0. The van der Waals surface area contributed by atoms with Gasteiger partial charge in [0.15, 0.2) is 5.76 Å². The second-order valence-electron chi connectivity index (χ2n) is 4.65. The lowest BCUT2D eigenvalue weighted by molar-refractivity contribution is -0.204. The van der Waals surface area contributed by atoms with Crippen molar-refractivity contribution in [3.63, 3.8) is 0 Å². The summed E-state index contributed by atoms with van der Waals surface area (Å²) in [5.74, 6) is -3.41. The summed E-state index contributed by atoms with van der Waals surface area (Å²) >= 11 is 0.775. The molecule has 0 unspecified atom stereocenters. The highest BCUT2D eigenvalue weighted by Gasteiger charge is 2.64. The summed E-state index contributed by atoms with van der Waals surface area (Å²) in [6.07, 6.45) is -4.14. The number of hydrogen-bond donors (Lipinski definition) is 2. The first-order valence-corrected chi connectivity index (χ1v) is 7.69. The number of furan rings is 1. The van der Waals surface area contributed by atoms with Gasteiger partial charge in [-0.05, 0) is 26.0 Å². The molecule has 0 aromatic carbocycles. The van der Waals surface area contributed by atoms with Crippen LogP contribution in [0.25, 0.3) is 0 Å². The molecule has 2 aromatic heterocycles. The van der Waals surface area contributed by atoms with Crippen LogP contribution < -0.4 is 10.6 Å². The summed E-state index contributed by atoms with van der Waals surface area (Å²) in [6.45, 7) is 2.52. The maximum absolute atomic E-state index is 13.8. The van der Waals surface area contributed by atoms with Crippen molar-refractivity contribution in [3.05, 3.63) is 29.2 Å². The van der Waals surface area contributed by atoms with E-state index in [2.05, 4.69) is 14.9 Å². The van der Waals surface area contributed by atoms with Crippen LogP contribution in [0, 0.1) is 6.92 Å². The zero-order valence-electron chi connectivity index (χ0n) is 13.0. The molecule has 0 saturated carbocycles. The number of aromatic nitrogens is 2. The summed E-state index contributed by atoms with van der Waals surface area (Å²) in [5, 5.41) is 10.6. The minimum atomic E-state index is -5.25. The number of aryl methyl sites for hydroxylation is 1. The highest BCUT2D eigenvalue weighted by atomic mass is 32.1. The van der Waals surface area contributed by atoms with Crippen molar-refractivity contribution in [2.45, 2.75) is 25.7 Å². The zero-order chi connectivity index (χ0) is 18.7. The molecular formula is C13H13F3N4O4S. The molecule has 2 rings (SSSR count). The van der Waals surface area contributed by atoms with E-state index >= 15 is 0 Å². The molecule has 8 nitrogen and oxygen atoms in total. The monoisotopic (exact) mass is 378 g/mol. The van der Waals surface area contributed by atoms with Crippen LogP contribution in [0.2, 0.25) is 0 Å². The molecule has 2 heterocycles. The van der Waals surface area contributed by atoms with E-state index in [9.17, 15) is 22.8 Å². The lowest BCUT2D eigenvalue weighted by atomic mass is 10.1. The Hall–Kier alpha value is -2.63. The molecule has 2 aromatic rings. The van der Waals surface area contributed by atoms with Crippen molar-refractivity contribution < 1.29 is 31.9 Å². The van der Waals surface area contributed by atoms with Crippen LogP contribution in [0.15, 0.2) is 22.8 Å². The maximum Gasteiger partial charge on any atom is 0.442 e. The molecule has 136 valence electrons. The van der Waals surface area contributed by atoms with E-state index in [-0.39, 0.29) is 11.7 Å². The molecule has 25 heavy (non-hydrogen) atoms. The number of rotatable bonds is 6. The van der Waals surface area contributed by atoms with Gasteiger partial charge in [0.2, 0.25) is 5.13 Å². The molecule has 0 saturated heterocycles. The topological polar surface area (TPSA) is 106 Å². The summed E-state index contributed by atoms with van der Waals surface area (Å²) in [5.41, 5.74) is -3.56. The third kappa shape index (κ3) is 3.90. The number of nitrogens with one attached hydrogen (secondary N) is 2. The molecule has 1 atom stereocenters. The predicted octanol–water partition coefficient (Wildman–Crippen LogP) is 2.10. The average molecular weight is 378 g/mol. The smallest absolute Gasteiger partial charge is 0.442 e. The third-order valence-corrected chi connectivity index (χ3v) is 3.63. The zero-order valence-corrected chi connectivity index (χ0v) is 13.8. The van der Waals surface area contributed by atoms with E-state index in [1.807, 2.05) is 5.32 Å². The van der Waals surface area contributed by atoms with E-state index in [0.29, 0.717) is 5.01 Å². The third-order valence-electron chi connectivity index (χ3n) is 2.87. The van der Waals surface area contributed by atoms with Gasteiger partial charge in [-0.1, -0.05) is 11.3 Å². The molecule has 1 amide bonds. The molecule has 0 radical (unpaired) electrons. The van der Waals surface area contributed by atoms with Crippen molar-refractivity contribution in [2.24, 2.45) is 0 Å². The minimum Gasteiger partial charge on any atom is -0.463 e. The summed E-state index contributed by atoms with van der Waals surface area (Å²) < 4.78 is 50.7. The van der Waals surface area contributed by atoms with Crippen molar-refractivity contribution >= 4 is 28.3 Å². The number of alkyl halides is 3. The Labute approximate surface area is 143 Å². The minimum absolute atomic E-state index is 0.317. The SMILES string of the molecule is CCOC(=O)[C@](NC(=O)c1ccco1)(Nc1nnc(C)s1)C(F)(F)F. The second kappa shape index (κ2) is 7.09. The van der Waals surface area contributed by atoms with Crippen molar-refractivity contribution in [1.29, 1.82) is 0 Å². The van der Waals surface area contributed by atoms with Crippen LogP contribution in [0.5, 0.6) is 0 Å². The van der Waals surface area contributed by atoms with Gasteiger partial charge >= 0.3 is 17.8 Å². The molecule has 0 spiro atoms. The van der Waals surface area contributed by atoms with Crippen LogP contribution in [-0.4, -0.2) is 40.5 Å². The molecule has 0 bridgehead atoms. The van der Waals surface area contributed by atoms with Gasteiger partial charge in [-0.25, -0.2) is 4.79 Å².